The summed E-state index contributed by atoms with van der Waals surface area (Å²) in [6.45, 7) is 4.12. The molecule has 0 saturated carbocycles. The van der Waals surface area contributed by atoms with Crippen molar-refractivity contribution in [3.05, 3.63) is 45.3 Å². The summed E-state index contributed by atoms with van der Waals surface area (Å²) in [7, 11) is 4.58. The number of amides is 2. The van der Waals surface area contributed by atoms with Gasteiger partial charge in [-0.3, -0.25) is 15.0 Å². The Kier molecular flexibility index (Phi) is 5.51. The standard InChI is InChI=1S/C17H23N3O5/c1-6-9-25-13-8-7-12(10-14(13)24-5)16-15(20(22)23)11(2)18(3)17(21)19(16)4/h7-8,10,16H,6,9H2,1-5H3/t16-/m1/s1. The summed E-state index contributed by atoms with van der Waals surface area (Å²) in [5, 5.41) is 11.6. The fraction of sp³-hybridized carbons (Fsp3) is 0.471. The molecule has 0 radical (unpaired) electrons. The number of carbonyl (C=O) groups excluding carboxylic acids is 1. The lowest BCUT2D eigenvalue weighted by Gasteiger charge is -2.36. The van der Waals surface area contributed by atoms with Crippen molar-refractivity contribution in [3.63, 3.8) is 0 Å². The van der Waals surface area contributed by atoms with Crippen LogP contribution in [0.2, 0.25) is 0 Å². The van der Waals surface area contributed by atoms with Crippen molar-refractivity contribution in [2.24, 2.45) is 0 Å². The van der Waals surface area contributed by atoms with E-state index in [9.17, 15) is 14.9 Å². The van der Waals surface area contributed by atoms with E-state index in [1.165, 1.54) is 24.0 Å². The van der Waals surface area contributed by atoms with Crippen molar-refractivity contribution in [1.82, 2.24) is 9.80 Å². The maximum Gasteiger partial charge on any atom is 0.324 e. The van der Waals surface area contributed by atoms with E-state index in [1.54, 1.807) is 32.2 Å². The largest absolute Gasteiger partial charge is 0.493 e. The molecule has 0 spiro atoms. The lowest BCUT2D eigenvalue weighted by molar-refractivity contribution is -0.436. The number of benzene rings is 1. The van der Waals surface area contributed by atoms with Gasteiger partial charge in [0, 0.05) is 14.1 Å². The number of urea groups is 1. The van der Waals surface area contributed by atoms with Crippen molar-refractivity contribution in [1.29, 1.82) is 0 Å². The maximum absolute atomic E-state index is 12.4. The van der Waals surface area contributed by atoms with Crippen LogP contribution in [0.3, 0.4) is 0 Å². The molecular weight excluding hydrogens is 326 g/mol. The molecular formula is C17H23N3O5. The van der Waals surface area contributed by atoms with Gasteiger partial charge in [-0.25, -0.2) is 4.79 Å². The number of hydrogen-bond acceptors (Lipinski definition) is 5. The van der Waals surface area contributed by atoms with Gasteiger partial charge in [-0.2, -0.15) is 0 Å². The number of hydrogen-bond donors (Lipinski definition) is 0. The van der Waals surface area contributed by atoms with Crippen molar-refractivity contribution >= 4 is 6.03 Å². The minimum atomic E-state index is -0.798. The van der Waals surface area contributed by atoms with Gasteiger partial charge in [0.05, 0.1) is 24.3 Å². The van der Waals surface area contributed by atoms with E-state index in [0.29, 0.717) is 29.4 Å². The minimum absolute atomic E-state index is 0.0334. The Morgan fingerprint density at radius 2 is 1.96 bits per heavy atom. The highest BCUT2D eigenvalue weighted by Crippen LogP contribution is 2.39. The van der Waals surface area contributed by atoms with Gasteiger partial charge in [0.25, 0.3) is 5.70 Å². The first-order chi connectivity index (χ1) is 11.8. The molecule has 0 aromatic heterocycles. The van der Waals surface area contributed by atoms with Gasteiger partial charge in [0.2, 0.25) is 0 Å². The first-order valence-corrected chi connectivity index (χ1v) is 7.99. The number of carbonyl (C=O) groups is 1. The molecule has 1 aromatic carbocycles. The zero-order chi connectivity index (χ0) is 18.7. The molecule has 0 aliphatic carbocycles. The smallest absolute Gasteiger partial charge is 0.324 e. The highest BCUT2D eigenvalue weighted by atomic mass is 16.6. The lowest BCUT2D eigenvalue weighted by Crippen LogP contribution is -2.47. The van der Waals surface area contributed by atoms with E-state index < -0.39 is 11.0 Å². The Morgan fingerprint density at radius 3 is 2.52 bits per heavy atom. The van der Waals surface area contributed by atoms with Gasteiger partial charge >= 0.3 is 6.03 Å². The van der Waals surface area contributed by atoms with Crippen LogP contribution in [-0.2, 0) is 0 Å². The molecule has 136 valence electrons. The summed E-state index contributed by atoms with van der Waals surface area (Å²) in [6, 6.07) is 4.02. The average molecular weight is 349 g/mol. The molecule has 1 aliphatic rings. The molecule has 0 fully saturated rings. The number of methoxy groups -OCH3 is 1. The van der Waals surface area contributed by atoms with Gasteiger partial charge in [-0.15, -0.1) is 0 Å². The van der Waals surface area contributed by atoms with E-state index in [2.05, 4.69) is 0 Å². The fourth-order valence-corrected chi connectivity index (χ4v) is 2.84. The Labute approximate surface area is 146 Å². The number of rotatable bonds is 6. The molecule has 1 aromatic rings. The fourth-order valence-electron chi connectivity index (χ4n) is 2.84. The summed E-state index contributed by atoms with van der Waals surface area (Å²) >= 11 is 0. The number of ether oxygens (including phenoxy) is 2. The topological polar surface area (TPSA) is 85.2 Å². The highest BCUT2D eigenvalue weighted by molar-refractivity contribution is 5.78. The molecule has 2 rings (SSSR count). The molecule has 1 aliphatic heterocycles. The van der Waals surface area contributed by atoms with Crippen molar-refractivity contribution in [2.45, 2.75) is 26.3 Å². The van der Waals surface area contributed by atoms with E-state index in [4.69, 9.17) is 9.47 Å². The number of allylic oxidation sites excluding steroid dienone is 1. The van der Waals surface area contributed by atoms with E-state index in [0.717, 1.165) is 6.42 Å². The number of likely N-dealkylation sites (N-methyl/N-ethyl adjacent to an activating group) is 1. The van der Waals surface area contributed by atoms with E-state index in [-0.39, 0.29) is 11.7 Å². The molecule has 25 heavy (non-hydrogen) atoms. The molecule has 0 saturated heterocycles. The SMILES string of the molecule is CCCOc1ccc([C@@H]2C([N+](=O)[O-])=C(C)N(C)C(=O)N2C)cc1OC. The summed E-state index contributed by atoms with van der Waals surface area (Å²) in [4.78, 5) is 26.2. The van der Waals surface area contributed by atoms with Crippen molar-refractivity contribution in [2.75, 3.05) is 27.8 Å². The predicted octanol–water partition coefficient (Wildman–Crippen LogP) is 3.03. The summed E-state index contributed by atoms with van der Waals surface area (Å²) in [5.41, 5.74) is 0.882. The summed E-state index contributed by atoms with van der Waals surface area (Å²) < 4.78 is 11.0. The molecule has 2 amide bonds. The number of nitro groups is 1. The predicted molar refractivity (Wildman–Crippen MR) is 92.1 cm³/mol. The van der Waals surface area contributed by atoms with E-state index >= 15 is 0 Å². The molecule has 0 bridgehead atoms. The Bertz CT molecular complexity index is 716. The van der Waals surface area contributed by atoms with Crippen LogP contribution in [-0.4, -0.2) is 48.6 Å². The molecule has 1 atom stereocenters. The van der Waals surface area contributed by atoms with E-state index in [1.807, 2.05) is 6.92 Å². The quantitative estimate of drug-likeness (QED) is 0.582. The van der Waals surface area contributed by atoms with Gasteiger partial charge in [-0.05, 0) is 31.0 Å². The van der Waals surface area contributed by atoms with Crippen molar-refractivity contribution < 1.29 is 19.2 Å². The third kappa shape index (κ3) is 3.38. The van der Waals surface area contributed by atoms with Crippen LogP contribution in [0.25, 0.3) is 0 Å². The second-order valence-corrected chi connectivity index (χ2v) is 5.84. The third-order valence-corrected chi connectivity index (χ3v) is 4.27. The molecule has 8 nitrogen and oxygen atoms in total. The zero-order valence-corrected chi connectivity index (χ0v) is 15.1. The first kappa shape index (κ1) is 18.6. The third-order valence-electron chi connectivity index (χ3n) is 4.27. The van der Waals surface area contributed by atoms with Crippen molar-refractivity contribution in [3.8, 4) is 11.5 Å². The average Bonchev–Trinajstić information content (AvgIpc) is 2.60. The first-order valence-electron chi connectivity index (χ1n) is 7.99. The van der Waals surface area contributed by atoms with Gasteiger partial charge < -0.3 is 14.4 Å². The monoisotopic (exact) mass is 349 g/mol. The molecule has 8 heteroatoms. The van der Waals surface area contributed by atoms with Gasteiger partial charge in [0.1, 0.15) is 0 Å². The van der Waals surface area contributed by atoms with Crippen LogP contribution in [0, 0.1) is 10.1 Å². The van der Waals surface area contributed by atoms with Gasteiger partial charge in [-0.1, -0.05) is 13.0 Å². The van der Waals surface area contributed by atoms with Crippen LogP contribution in [0.5, 0.6) is 11.5 Å². The number of nitrogens with zero attached hydrogens (tertiary/aromatic N) is 3. The van der Waals surface area contributed by atoms with Crippen LogP contribution < -0.4 is 9.47 Å². The van der Waals surface area contributed by atoms with Gasteiger partial charge in [0.15, 0.2) is 17.5 Å². The second kappa shape index (κ2) is 7.42. The highest BCUT2D eigenvalue weighted by Gasteiger charge is 2.42. The maximum atomic E-state index is 12.4. The Hall–Kier alpha value is -2.77. The van der Waals surface area contributed by atoms with Crippen LogP contribution in [0.4, 0.5) is 4.79 Å². The van der Waals surface area contributed by atoms with Crippen LogP contribution >= 0.6 is 0 Å². The second-order valence-electron chi connectivity index (χ2n) is 5.84. The minimum Gasteiger partial charge on any atom is -0.493 e. The summed E-state index contributed by atoms with van der Waals surface area (Å²) in [5.74, 6) is 1.05. The lowest BCUT2D eigenvalue weighted by atomic mass is 9.98. The Balaban J connectivity index is 2.54. The Morgan fingerprint density at radius 1 is 1.28 bits per heavy atom. The molecule has 1 heterocycles. The normalized spacial score (nSPS) is 17.8. The van der Waals surface area contributed by atoms with Crippen LogP contribution in [0.15, 0.2) is 29.6 Å². The van der Waals surface area contributed by atoms with Crippen LogP contribution in [0.1, 0.15) is 31.9 Å². The summed E-state index contributed by atoms with van der Waals surface area (Å²) in [6.07, 6.45) is 0.852. The zero-order valence-electron chi connectivity index (χ0n) is 15.1. The molecule has 0 unspecified atom stereocenters. The molecule has 0 N–H and O–H groups in total.